The number of hydrogen-bond acceptors (Lipinski definition) is 4. The monoisotopic (exact) mass is 280 g/mol. The lowest BCUT2D eigenvalue weighted by Crippen LogP contribution is -2.41. The van der Waals surface area contributed by atoms with Gasteiger partial charge in [0, 0.05) is 18.5 Å². The second-order valence-electron chi connectivity index (χ2n) is 5.80. The van der Waals surface area contributed by atoms with Crippen LogP contribution in [0.15, 0.2) is 0 Å². The SMILES string of the molecule is COCCNC1(c2nc3c(s2)CCCC3)CCCC1. The first-order chi connectivity index (χ1) is 9.34. The maximum absolute atomic E-state index is 5.18. The molecule has 1 heterocycles. The predicted molar refractivity (Wildman–Crippen MR) is 78.8 cm³/mol. The van der Waals surface area contributed by atoms with Crippen LogP contribution in [0, 0.1) is 0 Å². The third kappa shape index (κ3) is 2.71. The summed E-state index contributed by atoms with van der Waals surface area (Å²) in [5.41, 5.74) is 1.55. The summed E-state index contributed by atoms with van der Waals surface area (Å²) in [7, 11) is 1.77. The molecule has 2 aliphatic rings. The van der Waals surface area contributed by atoms with Gasteiger partial charge in [0.05, 0.1) is 17.8 Å². The summed E-state index contributed by atoms with van der Waals surface area (Å²) in [4.78, 5) is 6.56. The average molecular weight is 280 g/mol. The van der Waals surface area contributed by atoms with E-state index < -0.39 is 0 Å². The first-order valence-corrected chi connectivity index (χ1v) is 8.39. The fourth-order valence-electron chi connectivity index (χ4n) is 3.39. The van der Waals surface area contributed by atoms with Crippen LogP contribution in [0.4, 0.5) is 0 Å². The standard InChI is InChI=1S/C15H24N2OS/c1-18-11-10-16-15(8-4-5-9-15)14-17-12-6-2-3-7-13(12)19-14/h16H,2-11H2,1H3. The minimum absolute atomic E-state index is 0.153. The average Bonchev–Trinajstić information content (AvgIpc) is 3.06. The molecule has 4 heteroatoms. The fraction of sp³-hybridized carbons (Fsp3) is 0.800. The molecule has 1 N–H and O–H groups in total. The molecule has 0 atom stereocenters. The third-order valence-corrected chi connectivity index (χ3v) is 5.84. The van der Waals surface area contributed by atoms with Crippen molar-refractivity contribution in [1.29, 1.82) is 0 Å². The van der Waals surface area contributed by atoms with E-state index in [1.807, 2.05) is 11.3 Å². The molecule has 0 spiro atoms. The molecule has 3 rings (SSSR count). The van der Waals surface area contributed by atoms with Gasteiger partial charge in [-0.15, -0.1) is 11.3 Å². The number of nitrogens with zero attached hydrogens (tertiary/aromatic N) is 1. The summed E-state index contributed by atoms with van der Waals surface area (Å²) in [5.74, 6) is 0. The molecule has 0 amide bonds. The Morgan fingerprint density at radius 2 is 2.00 bits per heavy atom. The van der Waals surface area contributed by atoms with Crippen LogP contribution in [-0.4, -0.2) is 25.2 Å². The van der Waals surface area contributed by atoms with E-state index in [1.54, 1.807) is 12.0 Å². The fourth-order valence-corrected chi connectivity index (χ4v) is 4.77. The highest BCUT2D eigenvalue weighted by Gasteiger charge is 2.38. The lowest BCUT2D eigenvalue weighted by molar-refractivity contribution is 0.183. The van der Waals surface area contributed by atoms with E-state index in [0.29, 0.717) is 0 Å². The summed E-state index contributed by atoms with van der Waals surface area (Å²) in [6, 6.07) is 0. The summed E-state index contributed by atoms with van der Waals surface area (Å²) < 4.78 is 5.18. The van der Waals surface area contributed by atoms with Crippen molar-refractivity contribution in [3.05, 3.63) is 15.6 Å². The number of hydrogen-bond donors (Lipinski definition) is 1. The Balaban J connectivity index is 1.81. The molecule has 0 bridgehead atoms. The molecule has 1 aromatic heterocycles. The lowest BCUT2D eigenvalue weighted by Gasteiger charge is -2.28. The Kier molecular flexibility index (Phi) is 4.20. The van der Waals surface area contributed by atoms with Crippen LogP contribution in [0.25, 0.3) is 0 Å². The van der Waals surface area contributed by atoms with Gasteiger partial charge in [-0.3, -0.25) is 0 Å². The highest BCUT2D eigenvalue weighted by molar-refractivity contribution is 7.11. The Bertz CT molecular complexity index is 400. The minimum Gasteiger partial charge on any atom is -0.383 e. The van der Waals surface area contributed by atoms with Crippen LogP contribution in [0.3, 0.4) is 0 Å². The zero-order chi connectivity index (χ0) is 13.1. The first kappa shape index (κ1) is 13.5. The molecule has 106 valence electrons. The van der Waals surface area contributed by atoms with Gasteiger partial charge in [0.2, 0.25) is 0 Å². The molecule has 0 unspecified atom stereocenters. The third-order valence-electron chi connectivity index (χ3n) is 4.48. The molecule has 3 nitrogen and oxygen atoms in total. The van der Waals surface area contributed by atoms with E-state index >= 15 is 0 Å². The van der Waals surface area contributed by atoms with E-state index in [0.717, 1.165) is 13.2 Å². The normalized spacial score (nSPS) is 21.5. The van der Waals surface area contributed by atoms with Crippen LogP contribution in [0.2, 0.25) is 0 Å². The molecule has 19 heavy (non-hydrogen) atoms. The summed E-state index contributed by atoms with van der Waals surface area (Å²) in [6.07, 6.45) is 10.2. The van der Waals surface area contributed by atoms with Crippen LogP contribution in [0.5, 0.6) is 0 Å². The van der Waals surface area contributed by atoms with Gasteiger partial charge in [0.1, 0.15) is 5.01 Å². The maximum atomic E-state index is 5.18. The van der Waals surface area contributed by atoms with E-state index in [-0.39, 0.29) is 5.54 Å². The van der Waals surface area contributed by atoms with Crippen molar-refractivity contribution in [2.45, 2.75) is 56.9 Å². The van der Waals surface area contributed by atoms with E-state index in [4.69, 9.17) is 9.72 Å². The second kappa shape index (κ2) is 5.90. The van der Waals surface area contributed by atoms with Crippen LogP contribution >= 0.6 is 11.3 Å². The zero-order valence-electron chi connectivity index (χ0n) is 11.8. The van der Waals surface area contributed by atoms with Crippen molar-refractivity contribution in [3.63, 3.8) is 0 Å². The van der Waals surface area contributed by atoms with Crippen LogP contribution in [-0.2, 0) is 23.1 Å². The lowest BCUT2D eigenvalue weighted by atomic mass is 9.98. The van der Waals surface area contributed by atoms with Gasteiger partial charge in [-0.25, -0.2) is 4.98 Å². The number of thiazole rings is 1. The van der Waals surface area contributed by atoms with Crippen LogP contribution < -0.4 is 5.32 Å². The van der Waals surface area contributed by atoms with Gasteiger partial charge in [0.25, 0.3) is 0 Å². The Labute approximate surface area is 119 Å². The molecule has 0 radical (unpaired) electrons. The Hall–Kier alpha value is -0.450. The van der Waals surface area contributed by atoms with Gasteiger partial charge >= 0.3 is 0 Å². The van der Waals surface area contributed by atoms with Crippen molar-refractivity contribution >= 4 is 11.3 Å². The molecule has 0 aromatic carbocycles. The molecule has 1 fully saturated rings. The van der Waals surface area contributed by atoms with Gasteiger partial charge in [-0.05, 0) is 38.5 Å². The number of rotatable bonds is 5. The summed E-state index contributed by atoms with van der Waals surface area (Å²) in [6.45, 7) is 1.72. The number of ether oxygens (including phenoxy) is 1. The van der Waals surface area contributed by atoms with Crippen LogP contribution in [0.1, 0.15) is 54.1 Å². The largest absolute Gasteiger partial charge is 0.383 e. The first-order valence-electron chi connectivity index (χ1n) is 7.57. The number of nitrogens with one attached hydrogen (secondary N) is 1. The minimum atomic E-state index is 0.153. The maximum Gasteiger partial charge on any atom is 0.113 e. The Morgan fingerprint density at radius 3 is 2.74 bits per heavy atom. The summed E-state index contributed by atoms with van der Waals surface area (Å²) in [5, 5.41) is 5.10. The van der Waals surface area contributed by atoms with Crippen molar-refractivity contribution < 1.29 is 4.74 Å². The smallest absolute Gasteiger partial charge is 0.113 e. The number of methoxy groups -OCH3 is 1. The van der Waals surface area contributed by atoms with E-state index in [2.05, 4.69) is 5.32 Å². The van der Waals surface area contributed by atoms with E-state index in [9.17, 15) is 0 Å². The quantitative estimate of drug-likeness (QED) is 0.842. The zero-order valence-corrected chi connectivity index (χ0v) is 12.7. The highest BCUT2D eigenvalue weighted by atomic mass is 32.1. The van der Waals surface area contributed by atoms with E-state index in [1.165, 1.54) is 62.1 Å². The molecule has 0 aliphatic heterocycles. The van der Waals surface area contributed by atoms with Gasteiger partial charge in [-0.1, -0.05) is 12.8 Å². The molecule has 0 saturated heterocycles. The number of aryl methyl sites for hydroxylation is 2. The van der Waals surface area contributed by atoms with Gasteiger partial charge in [-0.2, -0.15) is 0 Å². The molecule has 2 aliphatic carbocycles. The van der Waals surface area contributed by atoms with Gasteiger partial charge < -0.3 is 10.1 Å². The van der Waals surface area contributed by atoms with Crippen molar-refractivity contribution in [3.8, 4) is 0 Å². The van der Waals surface area contributed by atoms with Crippen molar-refractivity contribution in [2.75, 3.05) is 20.3 Å². The molecule has 1 saturated carbocycles. The molecular weight excluding hydrogens is 256 g/mol. The number of aromatic nitrogens is 1. The second-order valence-corrected chi connectivity index (χ2v) is 6.89. The van der Waals surface area contributed by atoms with Crippen molar-refractivity contribution in [2.24, 2.45) is 0 Å². The predicted octanol–water partition coefficient (Wildman–Crippen LogP) is 3.03. The Morgan fingerprint density at radius 1 is 1.21 bits per heavy atom. The van der Waals surface area contributed by atoms with Crippen molar-refractivity contribution in [1.82, 2.24) is 10.3 Å². The molecular formula is C15H24N2OS. The topological polar surface area (TPSA) is 34.1 Å². The molecule has 1 aromatic rings. The summed E-state index contributed by atoms with van der Waals surface area (Å²) >= 11 is 1.98. The number of fused-ring (bicyclic) bond motifs is 1. The van der Waals surface area contributed by atoms with Gasteiger partial charge in [0.15, 0.2) is 0 Å². The highest BCUT2D eigenvalue weighted by Crippen LogP contribution is 2.42.